The van der Waals surface area contributed by atoms with Crippen LogP contribution in [0, 0.1) is 5.82 Å². The van der Waals surface area contributed by atoms with E-state index >= 15 is 0 Å². The maximum Gasteiger partial charge on any atom is 0.419 e. The van der Waals surface area contributed by atoms with Crippen molar-refractivity contribution in [3.63, 3.8) is 0 Å². The number of thioether (sulfide) groups is 1. The molecule has 0 fully saturated rings. The molecule has 2 aromatic rings. The van der Waals surface area contributed by atoms with Crippen LogP contribution in [0.15, 0.2) is 47.4 Å². The van der Waals surface area contributed by atoms with Crippen LogP contribution in [0.4, 0.5) is 17.6 Å². The normalized spacial score (nSPS) is 13.2. The number of alkyl halides is 3. The molecule has 0 saturated heterocycles. The molecular formula is C15H13F4NS. The van der Waals surface area contributed by atoms with Crippen molar-refractivity contribution in [1.29, 1.82) is 0 Å². The van der Waals surface area contributed by atoms with Crippen molar-refractivity contribution in [3.8, 4) is 0 Å². The van der Waals surface area contributed by atoms with E-state index in [0.29, 0.717) is 5.56 Å². The second-order valence-electron chi connectivity index (χ2n) is 4.49. The van der Waals surface area contributed by atoms with Crippen LogP contribution in [0.3, 0.4) is 0 Å². The molecular weight excluding hydrogens is 302 g/mol. The lowest BCUT2D eigenvalue weighted by Gasteiger charge is -2.16. The van der Waals surface area contributed by atoms with Crippen molar-refractivity contribution >= 4 is 11.8 Å². The Bertz CT molecular complexity index is 623. The van der Waals surface area contributed by atoms with Crippen molar-refractivity contribution < 1.29 is 17.6 Å². The first-order valence-electron chi connectivity index (χ1n) is 6.09. The average molecular weight is 315 g/mol. The second-order valence-corrected chi connectivity index (χ2v) is 5.37. The highest BCUT2D eigenvalue weighted by molar-refractivity contribution is 7.98. The third-order valence-electron chi connectivity index (χ3n) is 3.13. The van der Waals surface area contributed by atoms with Gasteiger partial charge in [0.15, 0.2) is 0 Å². The smallest absolute Gasteiger partial charge is 0.320 e. The number of nitrogens with two attached hydrogens (primary N) is 1. The molecule has 0 heterocycles. The molecule has 21 heavy (non-hydrogen) atoms. The summed E-state index contributed by atoms with van der Waals surface area (Å²) in [6.45, 7) is 0. The summed E-state index contributed by atoms with van der Waals surface area (Å²) in [5.41, 5.74) is 5.57. The zero-order valence-corrected chi connectivity index (χ0v) is 11.9. The van der Waals surface area contributed by atoms with E-state index in [1.807, 2.05) is 18.4 Å². The Labute approximate surface area is 124 Å². The Morgan fingerprint density at radius 3 is 2.10 bits per heavy atom. The van der Waals surface area contributed by atoms with Gasteiger partial charge in [-0.3, -0.25) is 0 Å². The average Bonchev–Trinajstić information content (AvgIpc) is 2.46. The van der Waals surface area contributed by atoms with Crippen molar-refractivity contribution in [3.05, 3.63) is 65.0 Å². The number of hydrogen-bond acceptors (Lipinski definition) is 2. The summed E-state index contributed by atoms with van der Waals surface area (Å²) in [7, 11) is 0. The minimum atomic E-state index is -4.73. The molecule has 2 aromatic carbocycles. The lowest BCUT2D eigenvalue weighted by Crippen LogP contribution is -2.15. The van der Waals surface area contributed by atoms with Crippen LogP contribution in [-0.4, -0.2) is 6.26 Å². The van der Waals surface area contributed by atoms with Crippen molar-refractivity contribution in [2.24, 2.45) is 5.73 Å². The maximum atomic E-state index is 13.3. The second kappa shape index (κ2) is 6.07. The van der Waals surface area contributed by atoms with Gasteiger partial charge < -0.3 is 5.73 Å². The summed E-state index contributed by atoms with van der Waals surface area (Å²) in [6, 6.07) is 9.30. The van der Waals surface area contributed by atoms with Gasteiger partial charge in [-0.1, -0.05) is 18.2 Å². The van der Waals surface area contributed by atoms with Crippen LogP contribution in [0.2, 0.25) is 0 Å². The fourth-order valence-electron chi connectivity index (χ4n) is 1.96. The predicted molar refractivity (Wildman–Crippen MR) is 75.7 cm³/mol. The van der Waals surface area contributed by atoms with Gasteiger partial charge in [0.1, 0.15) is 5.82 Å². The van der Waals surface area contributed by atoms with Crippen LogP contribution in [0.1, 0.15) is 22.7 Å². The number of hydrogen-bond donors (Lipinski definition) is 1. The molecule has 1 nitrogen and oxygen atoms in total. The summed E-state index contributed by atoms with van der Waals surface area (Å²) in [6.07, 6.45) is -2.81. The number of rotatable bonds is 3. The fourth-order valence-corrected chi connectivity index (χ4v) is 2.37. The van der Waals surface area contributed by atoms with Crippen LogP contribution in [0.25, 0.3) is 0 Å². The lowest BCUT2D eigenvalue weighted by atomic mass is 9.97. The molecule has 2 N–H and O–H groups in total. The highest BCUT2D eigenvalue weighted by atomic mass is 32.2. The molecule has 0 amide bonds. The maximum absolute atomic E-state index is 13.3. The molecule has 1 atom stereocenters. The van der Waals surface area contributed by atoms with E-state index in [1.54, 1.807) is 23.9 Å². The monoisotopic (exact) mass is 315 g/mol. The molecule has 0 saturated carbocycles. The van der Waals surface area contributed by atoms with Gasteiger partial charge >= 0.3 is 6.18 Å². The van der Waals surface area contributed by atoms with Gasteiger partial charge in [0.05, 0.1) is 11.6 Å². The first-order valence-corrected chi connectivity index (χ1v) is 7.31. The molecule has 0 radical (unpaired) electrons. The van der Waals surface area contributed by atoms with E-state index in [2.05, 4.69) is 0 Å². The van der Waals surface area contributed by atoms with Gasteiger partial charge in [-0.2, -0.15) is 13.2 Å². The molecule has 112 valence electrons. The summed E-state index contributed by atoms with van der Waals surface area (Å²) in [5.74, 6) is -1.30. The first-order chi connectivity index (χ1) is 9.82. The van der Waals surface area contributed by atoms with Crippen LogP contribution < -0.4 is 5.73 Å². The molecule has 0 aliphatic rings. The Kier molecular flexibility index (Phi) is 4.58. The Morgan fingerprint density at radius 2 is 1.57 bits per heavy atom. The van der Waals surface area contributed by atoms with E-state index in [9.17, 15) is 17.6 Å². The minimum absolute atomic E-state index is 0.223. The molecule has 0 aliphatic carbocycles. The van der Waals surface area contributed by atoms with Crippen LogP contribution in [-0.2, 0) is 6.18 Å². The van der Waals surface area contributed by atoms with Gasteiger partial charge in [-0.05, 0) is 41.6 Å². The summed E-state index contributed by atoms with van der Waals surface area (Å²) < 4.78 is 51.4. The molecule has 6 heteroatoms. The minimum Gasteiger partial charge on any atom is -0.320 e. The summed E-state index contributed by atoms with van der Waals surface area (Å²) >= 11 is 1.55. The SMILES string of the molecule is CSc1ccc(C(N)c2ccc(F)c(C(F)(F)F)c2)cc1. The molecule has 0 aliphatic heterocycles. The van der Waals surface area contributed by atoms with Gasteiger partial charge in [0.25, 0.3) is 0 Å². The van der Waals surface area contributed by atoms with Gasteiger partial charge in [0.2, 0.25) is 0 Å². The molecule has 0 aromatic heterocycles. The first kappa shape index (κ1) is 15.9. The van der Waals surface area contributed by atoms with E-state index in [4.69, 9.17) is 5.73 Å². The van der Waals surface area contributed by atoms with E-state index < -0.39 is 23.6 Å². The Hall–Kier alpha value is -1.53. The highest BCUT2D eigenvalue weighted by Gasteiger charge is 2.34. The fraction of sp³-hybridized carbons (Fsp3) is 0.200. The quantitative estimate of drug-likeness (QED) is 0.661. The largest absolute Gasteiger partial charge is 0.419 e. The van der Waals surface area contributed by atoms with Gasteiger partial charge in [-0.15, -0.1) is 11.8 Å². The Morgan fingerprint density at radius 1 is 1.00 bits per heavy atom. The van der Waals surface area contributed by atoms with E-state index in [0.717, 1.165) is 17.0 Å². The summed E-state index contributed by atoms with van der Waals surface area (Å²) in [4.78, 5) is 1.03. The molecule has 2 rings (SSSR count). The zero-order chi connectivity index (χ0) is 15.6. The predicted octanol–water partition coefficient (Wildman–Crippen LogP) is 4.61. The zero-order valence-electron chi connectivity index (χ0n) is 11.1. The van der Waals surface area contributed by atoms with Crippen LogP contribution in [0.5, 0.6) is 0 Å². The number of benzene rings is 2. The molecule has 0 spiro atoms. The molecule has 1 unspecified atom stereocenters. The van der Waals surface area contributed by atoms with E-state index in [1.165, 1.54) is 6.07 Å². The summed E-state index contributed by atoms with van der Waals surface area (Å²) in [5, 5.41) is 0. The van der Waals surface area contributed by atoms with Gasteiger partial charge in [0, 0.05) is 4.90 Å². The highest BCUT2D eigenvalue weighted by Crippen LogP contribution is 2.33. The van der Waals surface area contributed by atoms with E-state index in [-0.39, 0.29) is 5.56 Å². The van der Waals surface area contributed by atoms with Crippen LogP contribution >= 0.6 is 11.8 Å². The standard InChI is InChI=1S/C15H13F4NS/c1-21-11-5-2-9(3-6-11)14(20)10-4-7-13(16)12(8-10)15(17,18)19/h2-8,14H,20H2,1H3. The number of halogens is 4. The lowest BCUT2D eigenvalue weighted by molar-refractivity contribution is -0.140. The topological polar surface area (TPSA) is 26.0 Å². The van der Waals surface area contributed by atoms with Crippen molar-refractivity contribution in [2.75, 3.05) is 6.26 Å². The Balaban J connectivity index is 2.36. The van der Waals surface area contributed by atoms with Crippen molar-refractivity contribution in [2.45, 2.75) is 17.1 Å². The van der Waals surface area contributed by atoms with Crippen molar-refractivity contribution in [1.82, 2.24) is 0 Å². The third-order valence-corrected chi connectivity index (χ3v) is 3.87. The molecule has 0 bridgehead atoms. The third kappa shape index (κ3) is 3.57. The van der Waals surface area contributed by atoms with Gasteiger partial charge in [-0.25, -0.2) is 4.39 Å².